The van der Waals surface area contributed by atoms with Crippen LogP contribution in [0.5, 0.6) is 0 Å². The molecule has 0 aliphatic heterocycles. The molecule has 0 aromatic heterocycles. The number of carbonyl (C=O) groups is 1. The van der Waals surface area contributed by atoms with Crippen molar-refractivity contribution < 1.29 is 9.90 Å². The maximum Gasteiger partial charge on any atom is 0.321 e. The number of nitrogens with one attached hydrogen (secondary N) is 1. The highest BCUT2D eigenvalue weighted by molar-refractivity contribution is 5.89. The largest absolute Gasteiger partial charge is 0.389 e. The molecule has 0 unspecified atom stereocenters. The molecule has 94 valence electrons. The molecule has 0 heterocycles. The molecule has 4 heteroatoms. The Bertz CT molecular complexity index is 397. The maximum absolute atomic E-state index is 11.8. The Balaban J connectivity index is 2.64. The summed E-state index contributed by atoms with van der Waals surface area (Å²) in [4.78, 5) is 13.3. The zero-order chi connectivity index (χ0) is 13.1. The molecule has 2 N–H and O–H groups in total. The van der Waals surface area contributed by atoms with Crippen molar-refractivity contribution in [2.24, 2.45) is 0 Å². The maximum atomic E-state index is 11.8. The van der Waals surface area contributed by atoms with Crippen LogP contribution in [-0.4, -0.2) is 35.2 Å². The molecule has 1 rings (SSSR count). The lowest BCUT2D eigenvalue weighted by atomic mass is 10.1. The minimum Gasteiger partial charge on any atom is -0.389 e. The van der Waals surface area contributed by atoms with Gasteiger partial charge in [-0.05, 0) is 32.4 Å². The normalized spacial score (nSPS) is 11.1. The first-order valence-corrected chi connectivity index (χ1v) is 5.60. The van der Waals surface area contributed by atoms with Crippen molar-refractivity contribution in [1.29, 1.82) is 0 Å². The Labute approximate surface area is 102 Å². The number of para-hydroxylation sites is 1. The third-order valence-corrected chi connectivity index (χ3v) is 2.36. The number of nitrogens with zero attached hydrogens (tertiary/aromatic N) is 1. The summed E-state index contributed by atoms with van der Waals surface area (Å²) >= 11 is 0. The zero-order valence-electron chi connectivity index (χ0n) is 10.8. The molecule has 0 saturated heterocycles. The summed E-state index contributed by atoms with van der Waals surface area (Å²) in [6, 6.07) is 7.36. The van der Waals surface area contributed by atoms with Gasteiger partial charge < -0.3 is 15.3 Å². The van der Waals surface area contributed by atoms with Crippen molar-refractivity contribution in [1.82, 2.24) is 4.90 Å². The lowest BCUT2D eigenvalue weighted by Crippen LogP contribution is -2.41. The van der Waals surface area contributed by atoms with Crippen LogP contribution in [0.4, 0.5) is 10.5 Å². The SMILES string of the molecule is Cc1ccccc1NC(=O)N(C)CC(C)(C)O. The summed E-state index contributed by atoms with van der Waals surface area (Å²) in [5, 5.41) is 12.4. The Morgan fingerprint density at radius 2 is 2.00 bits per heavy atom. The van der Waals surface area contributed by atoms with E-state index < -0.39 is 5.60 Å². The van der Waals surface area contributed by atoms with Crippen LogP contribution in [0.15, 0.2) is 24.3 Å². The van der Waals surface area contributed by atoms with E-state index in [0.717, 1.165) is 11.3 Å². The van der Waals surface area contributed by atoms with E-state index in [1.807, 2.05) is 31.2 Å². The number of aliphatic hydroxyl groups is 1. The second kappa shape index (κ2) is 5.19. The number of hydrogen-bond donors (Lipinski definition) is 2. The average Bonchev–Trinajstić information content (AvgIpc) is 2.18. The van der Waals surface area contributed by atoms with Gasteiger partial charge in [-0.15, -0.1) is 0 Å². The standard InChI is InChI=1S/C13H20N2O2/c1-10-7-5-6-8-11(10)14-12(16)15(4)9-13(2,3)17/h5-8,17H,9H2,1-4H3,(H,14,16). The minimum atomic E-state index is -0.891. The molecular formula is C13H20N2O2. The molecule has 0 fully saturated rings. The molecule has 0 aliphatic carbocycles. The van der Waals surface area contributed by atoms with Crippen LogP contribution in [0.1, 0.15) is 19.4 Å². The monoisotopic (exact) mass is 236 g/mol. The smallest absolute Gasteiger partial charge is 0.321 e. The first kappa shape index (κ1) is 13.5. The van der Waals surface area contributed by atoms with Crippen molar-refractivity contribution >= 4 is 11.7 Å². The van der Waals surface area contributed by atoms with Gasteiger partial charge in [-0.3, -0.25) is 0 Å². The fourth-order valence-electron chi connectivity index (χ4n) is 1.58. The summed E-state index contributed by atoms with van der Waals surface area (Å²) in [5.74, 6) is 0. The van der Waals surface area contributed by atoms with Crippen molar-refractivity contribution in [3.63, 3.8) is 0 Å². The van der Waals surface area contributed by atoms with Crippen LogP contribution >= 0.6 is 0 Å². The van der Waals surface area contributed by atoms with Crippen molar-refractivity contribution in [2.45, 2.75) is 26.4 Å². The molecule has 0 spiro atoms. The highest BCUT2D eigenvalue weighted by atomic mass is 16.3. The van der Waals surface area contributed by atoms with E-state index in [1.54, 1.807) is 20.9 Å². The van der Waals surface area contributed by atoms with Crippen molar-refractivity contribution in [3.8, 4) is 0 Å². The van der Waals surface area contributed by atoms with E-state index in [-0.39, 0.29) is 12.6 Å². The van der Waals surface area contributed by atoms with Crippen LogP contribution in [-0.2, 0) is 0 Å². The zero-order valence-corrected chi connectivity index (χ0v) is 10.8. The fourth-order valence-corrected chi connectivity index (χ4v) is 1.58. The van der Waals surface area contributed by atoms with Crippen molar-refractivity contribution in [2.75, 3.05) is 18.9 Å². The van der Waals surface area contributed by atoms with Crippen LogP contribution in [0, 0.1) is 6.92 Å². The summed E-state index contributed by atoms with van der Waals surface area (Å²) in [6.07, 6.45) is 0. The van der Waals surface area contributed by atoms with Crippen LogP contribution in [0.2, 0.25) is 0 Å². The first-order chi connectivity index (χ1) is 7.79. The predicted octanol–water partition coefficient (Wildman–Crippen LogP) is 2.23. The van der Waals surface area contributed by atoms with Gasteiger partial charge in [-0.2, -0.15) is 0 Å². The van der Waals surface area contributed by atoms with Gasteiger partial charge in [-0.1, -0.05) is 18.2 Å². The summed E-state index contributed by atoms with van der Waals surface area (Å²) in [6.45, 7) is 5.56. The number of hydrogen-bond acceptors (Lipinski definition) is 2. The number of carbonyl (C=O) groups excluding carboxylic acids is 1. The number of urea groups is 1. The highest BCUT2D eigenvalue weighted by Crippen LogP contribution is 2.14. The number of amides is 2. The molecule has 4 nitrogen and oxygen atoms in total. The Morgan fingerprint density at radius 3 is 2.53 bits per heavy atom. The third kappa shape index (κ3) is 4.44. The van der Waals surface area contributed by atoms with E-state index in [0.29, 0.717) is 0 Å². The Kier molecular flexibility index (Phi) is 4.12. The van der Waals surface area contributed by atoms with Gasteiger partial charge in [0.05, 0.1) is 12.1 Å². The van der Waals surface area contributed by atoms with E-state index in [2.05, 4.69) is 5.32 Å². The number of benzene rings is 1. The van der Waals surface area contributed by atoms with Gasteiger partial charge >= 0.3 is 6.03 Å². The van der Waals surface area contributed by atoms with Crippen LogP contribution < -0.4 is 5.32 Å². The Morgan fingerprint density at radius 1 is 1.41 bits per heavy atom. The van der Waals surface area contributed by atoms with Crippen LogP contribution in [0.25, 0.3) is 0 Å². The molecular weight excluding hydrogens is 216 g/mol. The molecule has 0 atom stereocenters. The molecule has 0 saturated carbocycles. The van der Waals surface area contributed by atoms with Gasteiger partial charge in [0.25, 0.3) is 0 Å². The molecule has 0 radical (unpaired) electrons. The summed E-state index contributed by atoms with van der Waals surface area (Å²) < 4.78 is 0. The summed E-state index contributed by atoms with van der Waals surface area (Å²) in [5.41, 5.74) is 0.912. The van der Waals surface area contributed by atoms with Gasteiger partial charge in [0.15, 0.2) is 0 Å². The lowest BCUT2D eigenvalue weighted by molar-refractivity contribution is 0.0550. The second-order valence-electron chi connectivity index (χ2n) is 4.91. The van der Waals surface area contributed by atoms with Gasteiger partial charge in [0.2, 0.25) is 0 Å². The van der Waals surface area contributed by atoms with Gasteiger partial charge in [0.1, 0.15) is 0 Å². The number of likely N-dealkylation sites (N-methyl/N-ethyl adjacent to an activating group) is 1. The number of aryl methyl sites for hydroxylation is 1. The quantitative estimate of drug-likeness (QED) is 0.845. The third-order valence-electron chi connectivity index (χ3n) is 2.36. The lowest BCUT2D eigenvalue weighted by Gasteiger charge is -2.26. The van der Waals surface area contributed by atoms with Crippen molar-refractivity contribution in [3.05, 3.63) is 29.8 Å². The van der Waals surface area contributed by atoms with Gasteiger partial charge in [-0.25, -0.2) is 4.79 Å². The van der Waals surface area contributed by atoms with E-state index in [1.165, 1.54) is 4.90 Å². The van der Waals surface area contributed by atoms with E-state index >= 15 is 0 Å². The highest BCUT2D eigenvalue weighted by Gasteiger charge is 2.19. The molecule has 1 aromatic rings. The fraction of sp³-hybridized carbons (Fsp3) is 0.462. The molecule has 17 heavy (non-hydrogen) atoms. The predicted molar refractivity (Wildman–Crippen MR) is 69.1 cm³/mol. The minimum absolute atomic E-state index is 0.221. The molecule has 2 amide bonds. The van der Waals surface area contributed by atoms with Crippen LogP contribution in [0.3, 0.4) is 0 Å². The number of anilines is 1. The second-order valence-corrected chi connectivity index (χ2v) is 4.91. The van der Waals surface area contributed by atoms with E-state index in [4.69, 9.17) is 0 Å². The number of rotatable bonds is 3. The molecule has 1 aromatic carbocycles. The Hall–Kier alpha value is -1.55. The first-order valence-electron chi connectivity index (χ1n) is 5.60. The molecule has 0 aliphatic rings. The van der Waals surface area contributed by atoms with E-state index in [9.17, 15) is 9.90 Å². The van der Waals surface area contributed by atoms with Gasteiger partial charge in [0, 0.05) is 12.7 Å². The summed E-state index contributed by atoms with van der Waals surface area (Å²) in [7, 11) is 1.66. The molecule has 0 bridgehead atoms. The average molecular weight is 236 g/mol. The topological polar surface area (TPSA) is 52.6 Å².